The molecule has 0 aliphatic carbocycles. The zero-order valence-corrected chi connectivity index (χ0v) is 14.7. The Morgan fingerprint density at radius 1 is 1.35 bits per heavy atom. The van der Waals surface area contributed by atoms with Gasteiger partial charge in [0.2, 0.25) is 5.91 Å². The van der Waals surface area contributed by atoms with Crippen LogP contribution in [0.1, 0.15) is 20.3 Å². The minimum Gasteiger partial charge on any atom is -0.504 e. The number of rotatable bonds is 7. The number of hydrogen-bond donors (Lipinski definition) is 3. The van der Waals surface area contributed by atoms with Gasteiger partial charge < -0.3 is 15.5 Å². The van der Waals surface area contributed by atoms with Crippen molar-refractivity contribution in [2.75, 3.05) is 12.3 Å². The second-order valence-corrected chi connectivity index (χ2v) is 7.60. The fourth-order valence-electron chi connectivity index (χ4n) is 1.82. The fraction of sp³-hybridized carbons (Fsp3) is 0.375. The molecular formula is C16H20N2O3S2. The molecule has 3 N–H and O–H groups in total. The minimum atomic E-state index is -0.172. The maximum absolute atomic E-state index is 11.7. The number of nitrogens with zero attached hydrogens (tertiary/aromatic N) is 1. The summed E-state index contributed by atoms with van der Waals surface area (Å²) in [6, 6.07) is 4.59. The molecule has 0 fully saturated rings. The standard InChI is InChI=1S/C16H20N2O3S2/c1-10(2)5-6-17-15(21)9-23-16-18-12(8-22-16)11-3-4-13(19)14(20)7-11/h3-4,7-8,10,19-20H,5-6,9H2,1-2H3,(H,17,21). The van der Waals surface area contributed by atoms with Crippen molar-refractivity contribution < 1.29 is 15.0 Å². The summed E-state index contributed by atoms with van der Waals surface area (Å²) in [6.45, 7) is 4.95. The van der Waals surface area contributed by atoms with E-state index in [1.807, 2.05) is 5.38 Å². The van der Waals surface area contributed by atoms with Gasteiger partial charge in [0.05, 0.1) is 11.4 Å². The summed E-state index contributed by atoms with van der Waals surface area (Å²) < 4.78 is 0.798. The van der Waals surface area contributed by atoms with Gasteiger partial charge in [0.25, 0.3) is 0 Å². The lowest BCUT2D eigenvalue weighted by Crippen LogP contribution is -2.26. The smallest absolute Gasteiger partial charge is 0.230 e. The number of carbonyl (C=O) groups is 1. The second-order valence-electron chi connectivity index (χ2n) is 5.52. The summed E-state index contributed by atoms with van der Waals surface area (Å²) in [5.74, 6) is 0.595. The van der Waals surface area contributed by atoms with Gasteiger partial charge in [-0.25, -0.2) is 4.98 Å². The molecule has 0 unspecified atom stereocenters. The lowest BCUT2D eigenvalue weighted by atomic mass is 10.1. The fourth-order valence-corrected chi connectivity index (χ4v) is 3.48. The first kappa shape index (κ1) is 17.6. The Kier molecular flexibility index (Phi) is 6.29. The molecule has 0 aliphatic rings. The van der Waals surface area contributed by atoms with Gasteiger partial charge in [-0.3, -0.25) is 4.79 Å². The largest absolute Gasteiger partial charge is 0.504 e. The van der Waals surface area contributed by atoms with Crippen LogP contribution >= 0.6 is 23.1 Å². The van der Waals surface area contributed by atoms with Crippen LogP contribution in [0.15, 0.2) is 27.9 Å². The molecule has 1 aromatic heterocycles. The third-order valence-corrected chi connectivity index (χ3v) is 5.15. The van der Waals surface area contributed by atoms with Gasteiger partial charge in [-0.2, -0.15) is 0 Å². The summed E-state index contributed by atoms with van der Waals surface area (Å²) in [4.78, 5) is 16.2. The molecule has 1 heterocycles. The van der Waals surface area contributed by atoms with E-state index in [-0.39, 0.29) is 17.4 Å². The Morgan fingerprint density at radius 2 is 2.13 bits per heavy atom. The Bertz CT molecular complexity index is 671. The summed E-state index contributed by atoms with van der Waals surface area (Å²) >= 11 is 2.85. The van der Waals surface area contributed by atoms with Crippen molar-refractivity contribution >= 4 is 29.0 Å². The lowest BCUT2D eigenvalue weighted by molar-refractivity contribution is -0.118. The number of amides is 1. The van der Waals surface area contributed by atoms with Crippen LogP contribution in [0, 0.1) is 5.92 Å². The maximum atomic E-state index is 11.7. The van der Waals surface area contributed by atoms with Crippen molar-refractivity contribution in [3.8, 4) is 22.8 Å². The third kappa shape index (κ3) is 5.44. The average molecular weight is 352 g/mol. The predicted molar refractivity (Wildman–Crippen MR) is 94.1 cm³/mol. The van der Waals surface area contributed by atoms with Gasteiger partial charge in [0, 0.05) is 17.5 Å². The lowest BCUT2D eigenvalue weighted by Gasteiger charge is -2.06. The summed E-state index contributed by atoms with van der Waals surface area (Å²) in [5, 5.41) is 23.6. The van der Waals surface area contributed by atoms with Crippen molar-refractivity contribution in [2.45, 2.75) is 24.6 Å². The highest BCUT2D eigenvalue weighted by Gasteiger charge is 2.09. The molecule has 7 heteroatoms. The van der Waals surface area contributed by atoms with Gasteiger partial charge in [0.1, 0.15) is 0 Å². The quantitative estimate of drug-likeness (QED) is 0.525. The number of nitrogens with one attached hydrogen (secondary N) is 1. The molecule has 5 nitrogen and oxygen atoms in total. The number of hydrogen-bond acceptors (Lipinski definition) is 6. The van der Waals surface area contributed by atoms with Crippen molar-refractivity contribution in [1.29, 1.82) is 0 Å². The van der Waals surface area contributed by atoms with E-state index in [1.54, 1.807) is 6.07 Å². The van der Waals surface area contributed by atoms with E-state index in [9.17, 15) is 15.0 Å². The van der Waals surface area contributed by atoms with E-state index in [0.29, 0.717) is 23.9 Å². The van der Waals surface area contributed by atoms with Crippen LogP contribution in [-0.2, 0) is 4.79 Å². The first-order valence-corrected chi connectivity index (χ1v) is 9.19. The molecule has 0 radical (unpaired) electrons. The number of thioether (sulfide) groups is 1. The average Bonchev–Trinajstić information content (AvgIpc) is 2.96. The molecule has 23 heavy (non-hydrogen) atoms. The second kappa shape index (κ2) is 8.21. The number of benzene rings is 1. The Hall–Kier alpha value is -1.73. The van der Waals surface area contributed by atoms with E-state index < -0.39 is 0 Å². The normalized spacial score (nSPS) is 10.9. The van der Waals surface area contributed by atoms with E-state index in [4.69, 9.17) is 0 Å². The molecule has 2 aromatic rings. The van der Waals surface area contributed by atoms with Gasteiger partial charge >= 0.3 is 0 Å². The van der Waals surface area contributed by atoms with Crippen molar-refractivity contribution in [3.63, 3.8) is 0 Å². The van der Waals surface area contributed by atoms with Crippen molar-refractivity contribution in [2.24, 2.45) is 5.92 Å². The van der Waals surface area contributed by atoms with E-state index in [2.05, 4.69) is 24.1 Å². The highest BCUT2D eigenvalue weighted by molar-refractivity contribution is 8.01. The number of aromatic hydroxyl groups is 2. The molecule has 0 bridgehead atoms. The number of phenolic OH excluding ortho intramolecular Hbond substituents is 2. The minimum absolute atomic E-state index is 0.00896. The number of aromatic nitrogens is 1. The topological polar surface area (TPSA) is 82.5 Å². The molecule has 0 aliphatic heterocycles. The Balaban J connectivity index is 1.87. The molecule has 0 saturated carbocycles. The van der Waals surface area contributed by atoms with Gasteiger partial charge in [-0.1, -0.05) is 25.6 Å². The van der Waals surface area contributed by atoms with Crippen LogP contribution in [0.4, 0.5) is 0 Å². The maximum Gasteiger partial charge on any atom is 0.230 e. The van der Waals surface area contributed by atoms with Crippen LogP contribution in [0.2, 0.25) is 0 Å². The molecule has 2 rings (SSSR count). The first-order valence-electron chi connectivity index (χ1n) is 7.33. The zero-order valence-electron chi connectivity index (χ0n) is 13.1. The summed E-state index contributed by atoms with van der Waals surface area (Å²) in [6.07, 6.45) is 0.974. The van der Waals surface area contributed by atoms with E-state index >= 15 is 0 Å². The van der Waals surface area contributed by atoms with Crippen LogP contribution in [-0.4, -0.2) is 33.4 Å². The van der Waals surface area contributed by atoms with Gasteiger partial charge in [0.15, 0.2) is 15.8 Å². The molecule has 1 aromatic carbocycles. The van der Waals surface area contributed by atoms with E-state index in [0.717, 1.165) is 16.3 Å². The number of phenols is 2. The predicted octanol–water partition coefficient (Wildman–Crippen LogP) is 3.48. The van der Waals surface area contributed by atoms with Crippen LogP contribution in [0.5, 0.6) is 11.5 Å². The highest BCUT2D eigenvalue weighted by atomic mass is 32.2. The highest BCUT2D eigenvalue weighted by Crippen LogP contribution is 2.33. The van der Waals surface area contributed by atoms with Crippen LogP contribution in [0.25, 0.3) is 11.3 Å². The third-order valence-electron chi connectivity index (χ3n) is 3.12. The van der Waals surface area contributed by atoms with Gasteiger partial charge in [-0.05, 0) is 30.5 Å². The first-order chi connectivity index (χ1) is 11.0. The molecule has 0 saturated heterocycles. The Morgan fingerprint density at radius 3 is 2.83 bits per heavy atom. The molecule has 0 atom stereocenters. The number of carbonyl (C=O) groups excluding carboxylic acids is 1. The van der Waals surface area contributed by atoms with Crippen LogP contribution in [0.3, 0.4) is 0 Å². The summed E-state index contributed by atoms with van der Waals surface area (Å²) in [5.41, 5.74) is 1.44. The molecule has 1 amide bonds. The van der Waals surface area contributed by atoms with Crippen molar-refractivity contribution in [1.82, 2.24) is 10.3 Å². The van der Waals surface area contributed by atoms with Gasteiger partial charge in [-0.15, -0.1) is 11.3 Å². The monoisotopic (exact) mass is 352 g/mol. The molecular weight excluding hydrogens is 332 g/mol. The number of thiazole rings is 1. The zero-order chi connectivity index (χ0) is 16.8. The summed E-state index contributed by atoms with van der Waals surface area (Å²) in [7, 11) is 0. The van der Waals surface area contributed by atoms with Crippen LogP contribution < -0.4 is 5.32 Å². The van der Waals surface area contributed by atoms with E-state index in [1.165, 1.54) is 35.2 Å². The molecule has 124 valence electrons. The Labute approximate surface area is 143 Å². The van der Waals surface area contributed by atoms with Crippen molar-refractivity contribution in [3.05, 3.63) is 23.6 Å². The molecule has 0 spiro atoms. The SMILES string of the molecule is CC(C)CCNC(=O)CSc1nc(-c2ccc(O)c(O)c2)cs1.